The van der Waals surface area contributed by atoms with Gasteiger partial charge in [0.05, 0.1) is 7.11 Å². The van der Waals surface area contributed by atoms with Gasteiger partial charge < -0.3 is 19.2 Å². The van der Waals surface area contributed by atoms with Crippen molar-refractivity contribution < 1.29 is 18.7 Å². The maximum atomic E-state index is 12.2. The van der Waals surface area contributed by atoms with Gasteiger partial charge in [-0.05, 0) is 38.5 Å². The summed E-state index contributed by atoms with van der Waals surface area (Å²) in [5, 5.41) is 11.9. The van der Waals surface area contributed by atoms with Gasteiger partial charge in [-0.1, -0.05) is 12.1 Å². The Morgan fingerprint density at radius 3 is 2.60 bits per heavy atom. The number of carbonyl (C=O) groups is 1. The van der Waals surface area contributed by atoms with Crippen LogP contribution in [0.3, 0.4) is 0 Å². The Labute approximate surface area is 146 Å². The van der Waals surface area contributed by atoms with Gasteiger partial charge in [-0.25, -0.2) is 9.78 Å². The topological polar surface area (TPSA) is 97.4 Å². The highest BCUT2D eigenvalue weighted by atomic mass is 16.6. The van der Waals surface area contributed by atoms with Crippen LogP contribution in [0.15, 0.2) is 35.1 Å². The first kappa shape index (κ1) is 18.3. The summed E-state index contributed by atoms with van der Waals surface area (Å²) in [6, 6.07) is 9.29. The molecule has 132 valence electrons. The van der Waals surface area contributed by atoms with E-state index in [1.807, 2.05) is 51.1 Å². The molecule has 25 heavy (non-hydrogen) atoms. The molecule has 1 aromatic heterocycles. The average Bonchev–Trinajstić information content (AvgIpc) is 3.01. The van der Waals surface area contributed by atoms with Gasteiger partial charge in [-0.3, -0.25) is 0 Å². The van der Waals surface area contributed by atoms with Crippen LogP contribution in [0.2, 0.25) is 0 Å². The number of hydrogen-bond acceptors (Lipinski definition) is 6. The largest absolute Gasteiger partial charge is 0.497 e. The summed E-state index contributed by atoms with van der Waals surface area (Å²) in [6.07, 6.45) is 0.143. The van der Waals surface area contributed by atoms with Crippen molar-refractivity contribution in [2.24, 2.45) is 0 Å². The molecule has 0 aliphatic rings. The number of ether oxygens (including phenoxy) is 2. The fourth-order valence-electron chi connectivity index (χ4n) is 2.20. The van der Waals surface area contributed by atoms with Gasteiger partial charge in [0, 0.05) is 12.0 Å². The molecule has 2 rings (SSSR count). The van der Waals surface area contributed by atoms with Crippen molar-refractivity contribution >= 4 is 6.09 Å². The van der Waals surface area contributed by atoms with Gasteiger partial charge in [-0.2, -0.15) is 5.26 Å². The third-order valence-electron chi connectivity index (χ3n) is 3.30. The van der Waals surface area contributed by atoms with E-state index in [4.69, 9.17) is 19.2 Å². The quantitative estimate of drug-likeness (QED) is 0.894. The lowest BCUT2D eigenvalue weighted by molar-refractivity contribution is 0.0788. The zero-order chi connectivity index (χ0) is 18.4. The van der Waals surface area contributed by atoms with E-state index >= 15 is 0 Å². The maximum Gasteiger partial charge on any atom is 0.408 e. The number of nitriles is 1. The lowest BCUT2D eigenvalue weighted by atomic mass is 10.0. The molecule has 0 saturated heterocycles. The molecule has 0 aliphatic carbocycles. The summed E-state index contributed by atoms with van der Waals surface area (Å²) in [5.74, 6) is 0.950. The number of carbonyl (C=O) groups excluding carboxylic acids is 1. The van der Waals surface area contributed by atoms with Crippen molar-refractivity contribution in [3.05, 3.63) is 47.7 Å². The van der Waals surface area contributed by atoms with Crippen LogP contribution in [0, 0.1) is 11.3 Å². The van der Waals surface area contributed by atoms with E-state index < -0.39 is 17.7 Å². The molecule has 0 aliphatic heterocycles. The predicted octanol–water partition coefficient (Wildman–Crippen LogP) is 3.36. The van der Waals surface area contributed by atoms with Gasteiger partial charge in [0.25, 0.3) is 0 Å². The average molecular weight is 343 g/mol. The number of nitrogens with one attached hydrogen (secondary N) is 1. The maximum absolute atomic E-state index is 12.2. The van der Waals surface area contributed by atoms with Crippen LogP contribution in [0.25, 0.3) is 0 Å². The van der Waals surface area contributed by atoms with Crippen molar-refractivity contribution in [1.29, 1.82) is 5.26 Å². The first-order chi connectivity index (χ1) is 11.8. The van der Waals surface area contributed by atoms with Crippen LogP contribution in [0.1, 0.15) is 43.9 Å². The molecule has 2 aromatic rings. The Kier molecular flexibility index (Phi) is 5.65. The predicted molar refractivity (Wildman–Crippen MR) is 90.0 cm³/mol. The minimum absolute atomic E-state index is 0.0991. The molecule has 7 heteroatoms. The first-order valence-electron chi connectivity index (χ1n) is 7.77. The smallest absolute Gasteiger partial charge is 0.408 e. The molecule has 1 N–H and O–H groups in total. The van der Waals surface area contributed by atoms with Gasteiger partial charge in [-0.15, -0.1) is 0 Å². The molecule has 0 saturated carbocycles. The van der Waals surface area contributed by atoms with Crippen molar-refractivity contribution in [3.8, 4) is 11.8 Å². The third-order valence-corrected chi connectivity index (χ3v) is 3.30. The Morgan fingerprint density at radius 2 is 2.04 bits per heavy atom. The molecule has 0 spiro atoms. The molecule has 1 heterocycles. The molecular weight excluding hydrogens is 322 g/mol. The second-order valence-corrected chi connectivity index (χ2v) is 6.50. The number of benzene rings is 1. The number of nitrogens with zero attached hydrogens (tertiary/aromatic N) is 2. The summed E-state index contributed by atoms with van der Waals surface area (Å²) in [7, 11) is 1.59. The highest BCUT2D eigenvalue weighted by molar-refractivity contribution is 5.68. The zero-order valence-corrected chi connectivity index (χ0v) is 14.7. The lowest BCUT2D eigenvalue weighted by Gasteiger charge is -2.23. The number of hydrogen-bond donors (Lipinski definition) is 1. The van der Waals surface area contributed by atoms with Gasteiger partial charge in [0.15, 0.2) is 24.0 Å². The summed E-state index contributed by atoms with van der Waals surface area (Å²) >= 11 is 0. The van der Waals surface area contributed by atoms with Crippen LogP contribution in [-0.2, 0) is 11.2 Å². The molecule has 0 bridgehead atoms. The van der Waals surface area contributed by atoms with Crippen molar-refractivity contribution in [2.45, 2.75) is 38.8 Å². The van der Waals surface area contributed by atoms with Crippen molar-refractivity contribution in [1.82, 2.24) is 10.3 Å². The third kappa shape index (κ3) is 5.24. The normalized spacial score (nSPS) is 12.1. The second-order valence-electron chi connectivity index (χ2n) is 6.50. The monoisotopic (exact) mass is 343 g/mol. The molecule has 1 atom stereocenters. The summed E-state index contributed by atoms with van der Waals surface area (Å²) < 4.78 is 15.9. The van der Waals surface area contributed by atoms with E-state index in [0.717, 1.165) is 11.3 Å². The molecule has 0 unspecified atom stereocenters. The molecule has 7 nitrogen and oxygen atoms in total. The van der Waals surface area contributed by atoms with Crippen LogP contribution < -0.4 is 10.1 Å². The lowest BCUT2D eigenvalue weighted by Crippen LogP contribution is -2.41. The van der Waals surface area contributed by atoms with Gasteiger partial charge >= 0.3 is 6.09 Å². The highest BCUT2D eigenvalue weighted by Gasteiger charge is 2.26. The Hall–Kier alpha value is -3.01. The Bertz CT molecular complexity index is 754. The van der Waals surface area contributed by atoms with Crippen LogP contribution >= 0.6 is 0 Å². The zero-order valence-electron chi connectivity index (χ0n) is 14.7. The van der Waals surface area contributed by atoms with E-state index in [2.05, 4.69) is 10.3 Å². The SMILES string of the molecule is COc1ccc(C[C@H](OC(=O)NC(C)(C)C)c2ocnc2C#N)cc1. The second kappa shape index (κ2) is 7.71. The molecular formula is C18H21N3O4. The van der Waals surface area contributed by atoms with E-state index in [9.17, 15) is 4.79 Å². The Balaban J connectivity index is 2.22. The first-order valence-corrected chi connectivity index (χ1v) is 7.77. The van der Waals surface area contributed by atoms with Crippen LogP contribution in [0.4, 0.5) is 4.79 Å². The van der Waals surface area contributed by atoms with Gasteiger partial charge in [0.1, 0.15) is 11.8 Å². The number of amides is 1. The minimum atomic E-state index is -0.770. The summed E-state index contributed by atoms with van der Waals surface area (Å²) in [6.45, 7) is 5.55. The van der Waals surface area contributed by atoms with Crippen molar-refractivity contribution in [3.63, 3.8) is 0 Å². The minimum Gasteiger partial charge on any atom is -0.497 e. The Morgan fingerprint density at radius 1 is 1.36 bits per heavy atom. The van der Waals surface area contributed by atoms with E-state index in [0.29, 0.717) is 6.42 Å². The van der Waals surface area contributed by atoms with E-state index in [1.165, 1.54) is 6.39 Å². The fraction of sp³-hybridized carbons (Fsp3) is 0.389. The molecule has 1 amide bonds. The number of alkyl carbamates (subject to hydrolysis) is 1. The summed E-state index contributed by atoms with van der Waals surface area (Å²) in [4.78, 5) is 16.0. The molecule has 0 fully saturated rings. The molecule has 1 aromatic carbocycles. The number of oxazole rings is 1. The van der Waals surface area contributed by atoms with Crippen molar-refractivity contribution in [2.75, 3.05) is 7.11 Å². The summed E-state index contributed by atoms with van der Waals surface area (Å²) in [5.41, 5.74) is 0.554. The van der Waals surface area contributed by atoms with E-state index in [-0.39, 0.29) is 11.5 Å². The van der Waals surface area contributed by atoms with Crippen LogP contribution in [0.5, 0.6) is 5.75 Å². The fourth-order valence-corrected chi connectivity index (χ4v) is 2.20. The number of aromatic nitrogens is 1. The standard InChI is InChI=1S/C18H21N3O4/c1-18(2,3)21-17(22)25-15(16-14(10-19)20-11-24-16)9-12-5-7-13(23-4)8-6-12/h5-8,11,15H,9H2,1-4H3,(H,21,22)/t15-/m0/s1. The van der Waals surface area contributed by atoms with Crippen LogP contribution in [-0.4, -0.2) is 23.7 Å². The molecule has 0 radical (unpaired) electrons. The number of methoxy groups -OCH3 is 1. The number of rotatable bonds is 5. The highest BCUT2D eigenvalue weighted by Crippen LogP contribution is 2.26. The van der Waals surface area contributed by atoms with Gasteiger partial charge in [0.2, 0.25) is 0 Å². The van der Waals surface area contributed by atoms with E-state index in [1.54, 1.807) is 7.11 Å².